The van der Waals surface area contributed by atoms with Crippen molar-refractivity contribution in [1.29, 1.82) is 0 Å². The van der Waals surface area contributed by atoms with Crippen LogP contribution in [0.1, 0.15) is 42.9 Å². The van der Waals surface area contributed by atoms with Crippen molar-refractivity contribution in [1.82, 2.24) is 30.2 Å². The average molecular weight is 472 g/mol. The number of hydrogen-bond donors (Lipinski definition) is 3. The molecule has 0 radical (unpaired) electrons. The van der Waals surface area contributed by atoms with Gasteiger partial charge in [-0.1, -0.05) is 6.42 Å². The largest absolute Gasteiger partial charge is 0.381 e. The minimum atomic E-state index is -1.02. The van der Waals surface area contributed by atoms with Crippen molar-refractivity contribution in [2.75, 3.05) is 44.3 Å². The van der Waals surface area contributed by atoms with Crippen molar-refractivity contribution in [3.05, 3.63) is 42.0 Å². The van der Waals surface area contributed by atoms with Gasteiger partial charge in [0.25, 0.3) is 0 Å². The molecule has 1 saturated carbocycles. The summed E-state index contributed by atoms with van der Waals surface area (Å²) in [4.78, 5) is 25.0. The van der Waals surface area contributed by atoms with Crippen molar-refractivity contribution in [2.45, 2.75) is 37.2 Å². The maximum Gasteiger partial charge on any atom is 0.163 e. The van der Waals surface area contributed by atoms with E-state index < -0.39 is 5.60 Å². The van der Waals surface area contributed by atoms with E-state index in [1.807, 2.05) is 24.5 Å². The third-order valence-corrected chi connectivity index (χ3v) is 7.85. The second kappa shape index (κ2) is 8.22. The van der Waals surface area contributed by atoms with Crippen molar-refractivity contribution in [3.8, 4) is 11.4 Å². The zero-order valence-electron chi connectivity index (χ0n) is 19.6. The Balaban J connectivity index is 1.42. The van der Waals surface area contributed by atoms with Crippen LogP contribution in [0.5, 0.6) is 0 Å². The first-order valence-corrected chi connectivity index (χ1v) is 12.6. The maximum absolute atomic E-state index is 11.1. The van der Waals surface area contributed by atoms with Gasteiger partial charge in [0.05, 0.1) is 24.0 Å². The van der Waals surface area contributed by atoms with Crippen LogP contribution < -0.4 is 10.2 Å². The van der Waals surface area contributed by atoms with Crippen LogP contribution in [0.25, 0.3) is 33.3 Å². The fraction of sp³-hybridized carbons (Fsp3) is 0.462. The van der Waals surface area contributed by atoms with Gasteiger partial charge >= 0.3 is 0 Å². The first-order valence-electron chi connectivity index (χ1n) is 12.6. The Labute approximate surface area is 203 Å². The van der Waals surface area contributed by atoms with E-state index in [-0.39, 0.29) is 6.61 Å². The highest BCUT2D eigenvalue weighted by Gasteiger charge is 2.36. The van der Waals surface area contributed by atoms with Gasteiger partial charge in [-0.05, 0) is 36.5 Å². The number of H-pyrrole nitrogens is 1. The molecule has 1 aliphatic carbocycles. The normalized spacial score (nSPS) is 23.3. The highest BCUT2D eigenvalue weighted by Crippen LogP contribution is 2.42. The third kappa shape index (κ3) is 3.49. The lowest BCUT2D eigenvalue weighted by molar-refractivity contribution is 0.0200. The van der Waals surface area contributed by atoms with Crippen molar-refractivity contribution < 1.29 is 9.84 Å². The van der Waals surface area contributed by atoms with Gasteiger partial charge in [0.1, 0.15) is 17.1 Å². The summed E-state index contributed by atoms with van der Waals surface area (Å²) in [6.07, 6.45) is 9.90. The van der Waals surface area contributed by atoms with E-state index in [9.17, 15) is 5.11 Å². The lowest BCUT2D eigenvalue weighted by Crippen LogP contribution is -2.44. The fourth-order valence-corrected chi connectivity index (χ4v) is 5.58. The Kier molecular flexibility index (Phi) is 4.97. The number of aromatic nitrogens is 5. The summed E-state index contributed by atoms with van der Waals surface area (Å²) in [5.41, 5.74) is 3.48. The van der Waals surface area contributed by atoms with Crippen LogP contribution >= 0.6 is 0 Å². The lowest BCUT2D eigenvalue weighted by atomic mass is 9.79. The number of piperazine rings is 1. The summed E-state index contributed by atoms with van der Waals surface area (Å²) in [7, 11) is 0. The Morgan fingerprint density at radius 1 is 1.14 bits per heavy atom. The average Bonchev–Trinajstić information content (AvgIpc) is 3.50. The van der Waals surface area contributed by atoms with Crippen molar-refractivity contribution in [2.24, 2.45) is 0 Å². The van der Waals surface area contributed by atoms with Crippen LogP contribution in [-0.2, 0) is 10.3 Å². The monoisotopic (exact) mass is 471 g/mol. The van der Waals surface area contributed by atoms with E-state index in [1.165, 1.54) is 24.8 Å². The number of rotatable bonds is 4. The van der Waals surface area contributed by atoms with Crippen molar-refractivity contribution in [3.63, 3.8) is 0 Å². The number of aromatic amines is 1. The molecule has 0 amide bonds. The number of ether oxygens (including phenoxy) is 1. The molecule has 0 spiro atoms. The molecule has 1 atom stereocenters. The SMILES string of the molecule is OC1(c2cc3c(-c4nc(N5CCNCC5)c5c(C6CCC6)cncc5n4)ccnc3[nH]2)CCOC1. The first-order chi connectivity index (χ1) is 17.2. The Bertz CT molecular complexity index is 1400. The van der Waals surface area contributed by atoms with Crippen molar-refractivity contribution >= 4 is 27.8 Å². The number of aliphatic hydroxyl groups is 1. The molecule has 1 unspecified atom stereocenters. The molecule has 3 aliphatic rings. The van der Waals surface area contributed by atoms with Crippen LogP contribution in [0.15, 0.2) is 30.7 Å². The zero-order chi connectivity index (χ0) is 23.4. The van der Waals surface area contributed by atoms with E-state index in [2.05, 4.69) is 25.2 Å². The Hall–Kier alpha value is -3.14. The molecule has 4 aromatic heterocycles. The number of hydrogen-bond acceptors (Lipinski definition) is 8. The van der Waals surface area contributed by atoms with E-state index in [4.69, 9.17) is 14.7 Å². The summed E-state index contributed by atoms with van der Waals surface area (Å²) in [5, 5.41) is 16.6. The number of anilines is 1. The summed E-state index contributed by atoms with van der Waals surface area (Å²) < 4.78 is 5.47. The summed E-state index contributed by atoms with van der Waals surface area (Å²) in [5.74, 6) is 2.20. The molecule has 7 rings (SSSR count). The molecule has 2 aliphatic heterocycles. The Morgan fingerprint density at radius 2 is 2.03 bits per heavy atom. The quantitative estimate of drug-likeness (QED) is 0.417. The number of nitrogens with zero attached hydrogens (tertiary/aromatic N) is 5. The maximum atomic E-state index is 11.1. The van der Waals surface area contributed by atoms with Gasteiger partial charge in [-0.3, -0.25) is 4.98 Å². The molecule has 2 saturated heterocycles. The molecular weight excluding hydrogens is 442 g/mol. The third-order valence-electron chi connectivity index (χ3n) is 7.85. The lowest BCUT2D eigenvalue weighted by Gasteiger charge is -2.32. The molecule has 3 fully saturated rings. The molecule has 0 bridgehead atoms. The van der Waals surface area contributed by atoms with Gasteiger partial charge in [-0.25, -0.2) is 15.0 Å². The molecule has 4 aromatic rings. The highest BCUT2D eigenvalue weighted by molar-refractivity contribution is 5.97. The molecule has 9 nitrogen and oxygen atoms in total. The zero-order valence-corrected chi connectivity index (χ0v) is 19.6. The predicted molar refractivity (Wildman–Crippen MR) is 133 cm³/mol. The smallest absolute Gasteiger partial charge is 0.163 e. The molecular formula is C26H29N7O2. The van der Waals surface area contributed by atoms with Gasteiger partial charge in [0.15, 0.2) is 5.82 Å². The van der Waals surface area contributed by atoms with Gasteiger partial charge < -0.3 is 25.0 Å². The predicted octanol–water partition coefficient (Wildman–Crippen LogP) is 2.85. The number of nitrogens with one attached hydrogen (secondary N) is 2. The van der Waals surface area contributed by atoms with E-state index >= 15 is 0 Å². The molecule has 0 aromatic carbocycles. The van der Waals surface area contributed by atoms with Gasteiger partial charge in [-0.2, -0.15) is 0 Å². The molecule has 35 heavy (non-hydrogen) atoms. The molecule has 3 N–H and O–H groups in total. The topological polar surface area (TPSA) is 112 Å². The van der Waals surface area contributed by atoms with Crippen LogP contribution in [0.3, 0.4) is 0 Å². The molecule has 180 valence electrons. The van der Waals surface area contributed by atoms with Crippen LogP contribution in [0, 0.1) is 0 Å². The van der Waals surface area contributed by atoms with E-state index in [1.54, 1.807) is 6.20 Å². The summed E-state index contributed by atoms with van der Waals surface area (Å²) >= 11 is 0. The first kappa shape index (κ1) is 21.2. The van der Waals surface area contributed by atoms with Crippen LogP contribution in [-0.4, -0.2) is 69.4 Å². The molecule has 9 heteroatoms. The van der Waals surface area contributed by atoms with Crippen LogP contribution in [0.4, 0.5) is 5.82 Å². The minimum absolute atomic E-state index is 0.282. The molecule has 6 heterocycles. The van der Waals surface area contributed by atoms with Gasteiger partial charge in [-0.15, -0.1) is 0 Å². The summed E-state index contributed by atoms with van der Waals surface area (Å²) in [6.45, 7) is 4.52. The van der Waals surface area contributed by atoms with Crippen LogP contribution in [0.2, 0.25) is 0 Å². The number of pyridine rings is 2. The van der Waals surface area contributed by atoms with E-state index in [0.29, 0.717) is 30.4 Å². The standard InChI is InChI=1S/C26H29N7O2/c34-26(5-11-35-15-26)21-12-18-17(4-6-29-23(18)31-21)24-30-20-14-28-13-19(16-2-1-3-16)22(20)25(32-24)33-9-7-27-8-10-33/h4,6,12-14,16,27,34H,1-3,5,7-11,15H2,(H,29,31). The number of fused-ring (bicyclic) bond motifs is 2. The Morgan fingerprint density at radius 3 is 2.80 bits per heavy atom. The highest BCUT2D eigenvalue weighted by atomic mass is 16.5. The van der Waals surface area contributed by atoms with Gasteiger partial charge in [0.2, 0.25) is 0 Å². The van der Waals surface area contributed by atoms with Gasteiger partial charge in [0, 0.05) is 67.9 Å². The second-order valence-corrected chi connectivity index (χ2v) is 10.00. The second-order valence-electron chi connectivity index (χ2n) is 10.00. The van der Waals surface area contributed by atoms with E-state index in [0.717, 1.165) is 59.5 Å². The fourth-order valence-electron chi connectivity index (χ4n) is 5.58. The minimum Gasteiger partial charge on any atom is -0.381 e. The summed E-state index contributed by atoms with van der Waals surface area (Å²) in [6, 6.07) is 3.94.